The van der Waals surface area contributed by atoms with Gasteiger partial charge in [-0.15, -0.1) is 0 Å². The van der Waals surface area contributed by atoms with Crippen LogP contribution in [0.4, 0.5) is 11.4 Å². The van der Waals surface area contributed by atoms with Crippen LogP contribution in [0.1, 0.15) is 18.1 Å². The van der Waals surface area contributed by atoms with Crippen molar-refractivity contribution in [3.05, 3.63) is 61.6 Å². The van der Waals surface area contributed by atoms with E-state index in [-0.39, 0.29) is 81.7 Å². The molecule has 16 heteroatoms. The number of pyridine rings is 2. The second kappa shape index (κ2) is 19.4. The van der Waals surface area contributed by atoms with Crippen molar-refractivity contribution >= 4 is 23.4 Å². The minimum absolute atomic E-state index is 0. The normalized spacial score (nSPS) is 10.4. The van der Waals surface area contributed by atoms with Crippen LogP contribution in [0, 0.1) is 27.2 Å². The summed E-state index contributed by atoms with van der Waals surface area (Å²) in [6, 6.07) is 2.73. The summed E-state index contributed by atoms with van der Waals surface area (Å²) in [6.45, 7) is 4.54. The Hall–Kier alpha value is -2.73. The molecule has 0 aliphatic heterocycles. The first-order valence-electron chi connectivity index (χ1n) is 10.7. The number of esters is 1. The largest absolute Gasteiger partial charge is 1.00 e. The van der Waals surface area contributed by atoms with E-state index in [0.29, 0.717) is 31.3 Å². The van der Waals surface area contributed by atoms with Gasteiger partial charge in [0.25, 0.3) is 11.4 Å². The second-order valence-electron chi connectivity index (χ2n) is 6.82. The Balaban J connectivity index is 0.000000750. The first kappa shape index (κ1) is 35.3. The van der Waals surface area contributed by atoms with Crippen LogP contribution in [-0.2, 0) is 19.0 Å². The molecule has 0 aliphatic rings. The molecule has 0 N–H and O–H groups in total. The number of aromatic nitrogens is 2. The maximum Gasteiger partial charge on any atom is 1.00 e. The molecule has 15 nitrogen and oxygen atoms in total. The fraction of sp³-hybridized carbons (Fsp3) is 0.409. The van der Waals surface area contributed by atoms with Crippen molar-refractivity contribution in [3.8, 4) is 11.8 Å². The molecule has 2 aromatic rings. The average Bonchev–Trinajstić information content (AvgIpc) is 2.84. The van der Waals surface area contributed by atoms with E-state index in [1.165, 1.54) is 25.4 Å². The molecule has 0 saturated heterocycles. The number of nitro groups is 2. The summed E-state index contributed by atoms with van der Waals surface area (Å²) in [7, 11) is 3.06. The van der Waals surface area contributed by atoms with E-state index >= 15 is 0 Å². The molecule has 0 aliphatic carbocycles. The van der Waals surface area contributed by atoms with Crippen molar-refractivity contribution in [2.45, 2.75) is 13.8 Å². The van der Waals surface area contributed by atoms with Gasteiger partial charge in [0.05, 0.1) is 35.2 Å². The van der Waals surface area contributed by atoms with Crippen LogP contribution in [0.3, 0.4) is 0 Å². The summed E-state index contributed by atoms with van der Waals surface area (Å²) in [5.41, 5.74) is 0.0127. The molecule has 0 unspecified atom stereocenters. The molecule has 0 radical (unpaired) electrons. The SMILES string of the molecule is CCOC(=O)/C([O-])=C\c1cc(OCCOC)ncc1[N+](=O)[O-].COCCOc1cc(C)c([N+](=O)[O-])cn1.[K+]. The Morgan fingerprint density at radius 1 is 0.921 bits per heavy atom. The Morgan fingerprint density at radius 2 is 1.42 bits per heavy atom. The van der Waals surface area contributed by atoms with Crippen LogP contribution in [-0.4, -0.2) is 73.0 Å². The summed E-state index contributed by atoms with van der Waals surface area (Å²) in [5.74, 6) is -1.64. The van der Waals surface area contributed by atoms with Gasteiger partial charge >= 0.3 is 57.4 Å². The Bertz CT molecular complexity index is 1100. The monoisotopic (exact) mass is 562 g/mol. The third-order valence-electron chi connectivity index (χ3n) is 4.18. The Morgan fingerprint density at radius 3 is 1.87 bits per heavy atom. The molecular weight excluding hydrogens is 535 g/mol. The molecule has 0 amide bonds. The minimum Gasteiger partial charge on any atom is -0.868 e. The number of hydrogen-bond donors (Lipinski definition) is 0. The van der Waals surface area contributed by atoms with Crippen molar-refractivity contribution in [2.75, 3.05) is 47.3 Å². The Labute approximate surface area is 260 Å². The van der Waals surface area contributed by atoms with Gasteiger partial charge in [-0.05, 0) is 25.7 Å². The molecule has 0 spiro atoms. The third-order valence-corrected chi connectivity index (χ3v) is 4.18. The summed E-state index contributed by atoms with van der Waals surface area (Å²) in [5, 5.41) is 33.0. The van der Waals surface area contributed by atoms with E-state index < -0.39 is 27.3 Å². The number of aryl methyl sites for hydroxylation is 1. The van der Waals surface area contributed by atoms with Crippen LogP contribution in [0.15, 0.2) is 30.3 Å². The topological polar surface area (TPSA) is 198 Å². The van der Waals surface area contributed by atoms with E-state index in [1.807, 2.05) is 0 Å². The molecule has 0 atom stereocenters. The minimum atomic E-state index is -1.09. The van der Waals surface area contributed by atoms with Gasteiger partial charge in [0, 0.05) is 31.9 Å². The van der Waals surface area contributed by atoms with Crippen LogP contribution in [0.25, 0.3) is 6.08 Å². The third kappa shape index (κ3) is 12.7. The number of carbonyl (C=O) groups is 1. The molecule has 2 rings (SSSR count). The number of rotatable bonds is 13. The van der Waals surface area contributed by atoms with E-state index in [2.05, 4.69) is 14.7 Å². The zero-order valence-corrected chi connectivity index (χ0v) is 24.8. The molecule has 38 heavy (non-hydrogen) atoms. The second-order valence-corrected chi connectivity index (χ2v) is 6.82. The van der Waals surface area contributed by atoms with Gasteiger partial charge in [0.15, 0.2) is 0 Å². The summed E-state index contributed by atoms with van der Waals surface area (Å²) in [4.78, 5) is 39.1. The molecule has 0 fully saturated rings. The van der Waals surface area contributed by atoms with Gasteiger partial charge in [-0.25, -0.2) is 14.8 Å². The van der Waals surface area contributed by atoms with Gasteiger partial charge in [-0.1, -0.05) is 0 Å². The molecule has 2 aromatic heterocycles. The fourth-order valence-electron chi connectivity index (χ4n) is 2.45. The molecule has 0 aromatic carbocycles. The maximum absolute atomic E-state index is 11.6. The fourth-order valence-corrected chi connectivity index (χ4v) is 2.45. The zero-order chi connectivity index (χ0) is 27.8. The van der Waals surface area contributed by atoms with Gasteiger partial charge in [-0.2, -0.15) is 0 Å². The maximum atomic E-state index is 11.6. The zero-order valence-electron chi connectivity index (χ0n) is 21.7. The van der Waals surface area contributed by atoms with Gasteiger partial charge < -0.3 is 28.8 Å². The smallest absolute Gasteiger partial charge is 0.868 e. The van der Waals surface area contributed by atoms with E-state index in [1.54, 1.807) is 21.0 Å². The van der Waals surface area contributed by atoms with E-state index in [0.717, 1.165) is 12.3 Å². The number of hydrogen-bond acceptors (Lipinski definition) is 13. The molecule has 2 heterocycles. The van der Waals surface area contributed by atoms with Crippen LogP contribution in [0.5, 0.6) is 11.8 Å². The average molecular weight is 563 g/mol. The summed E-state index contributed by atoms with van der Waals surface area (Å²) < 4.78 is 24.5. The summed E-state index contributed by atoms with van der Waals surface area (Å²) >= 11 is 0. The van der Waals surface area contributed by atoms with E-state index in [9.17, 15) is 30.1 Å². The van der Waals surface area contributed by atoms with Gasteiger partial charge in [0.2, 0.25) is 11.8 Å². The van der Waals surface area contributed by atoms with Crippen molar-refractivity contribution < 1.29 is 94.8 Å². The number of nitrogens with zero attached hydrogens (tertiary/aromatic N) is 4. The standard InChI is InChI=1S/C13H16N2O7.C9H12N2O4.K/c1-3-21-13(17)11(16)6-9-7-12(22-5-4-20-2)14-8-10(9)15(18)19;1-7-5-9(15-4-3-14-2)10-6-8(7)11(12)13;/h6-8,16H,3-5H2,1-2H3;5-6H,3-4H2,1-2H3;/q;;+1/p-1/b11-6+;;. The number of carbonyl (C=O) groups excluding carboxylic acids is 1. The van der Waals surface area contributed by atoms with Crippen LogP contribution in [0.2, 0.25) is 0 Å². The van der Waals surface area contributed by atoms with Gasteiger partial charge in [0.1, 0.15) is 25.6 Å². The molecule has 0 bridgehead atoms. The Kier molecular flexibility index (Phi) is 18.0. The predicted molar refractivity (Wildman–Crippen MR) is 126 cm³/mol. The molecule has 202 valence electrons. The quantitative estimate of drug-likeness (QED) is 0.0526. The van der Waals surface area contributed by atoms with Gasteiger partial charge in [-0.3, -0.25) is 20.2 Å². The van der Waals surface area contributed by atoms with Crippen LogP contribution >= 0.6 is 0 Å². The summed E-state index contributed by atoms with van der Waals surface area (Å²) in [6.07, 6.45) is 2.96. The molecular formula is C22H27KN4O11. The van der Waals surface area contributed by atoms with Crippen LogP contribution < -0.4 is 66.0 Å². The predicted octanol–water partition coefficient (Wildman–Crippen LogP) is -1.39. The first-order chi connectivity index (χ1) is 17.6. The first-order valence-corrected chi connectivity index (χ1v) is 10.7. The van der Waals surface area contributed by atoms with Crippen molar-refractivity contribution in [1.82, 2.24) is 9.97 Å². The van der Waals surface area contributed by atoms with Crippen molar-refractivity contribution in [2.24, 2.45) is 0 Å². The molecule has 0 saturated carbocycles. The number of ether oxygens (including phenoxy) is 5. The van der Waals surface area contributed by atoms with E-state index in [4.69, 9.17) is 18.9 Å². The van der Waals surface area contributed by atoms with Crippen molar-refractivity contribution in [1.29, 1.82) is 0 Å². The number of methoxy groups -OCH3 is 2. The van der Waals surface area contributed by atoms with Crippen molar-refractivity contribution in [3.63, 3.8) is 0 Å².